The lowest BCUT2D eigenvalue weighted by Gasteiger charge is -2.37. The summed E-state index contributed by atoms with van der Waals surface area (Å²) in [7, 11) is 0. The Morgan fingerprint density at radius 1 is 0.915 bits per heavy atom. The van der Waals surface area contributed by atoms with Crippen LogP contribution < -0.4 is 10.2 Å². The van der Waals surface area contributed by atoms with Crippen molar-refractivity contribution in [2.45, 2.75) is 97.7 Å². The number of carbonyl (C=O) groups excluding carboxylic acids is 1. The molecule has 0 unspecified atom stereocenters. The third kappa shape index (κ3) is 9.68. The molecule has 0 saturated carbocycles. The Morgan fingerprint density at radius 2 is 1.55 bits per heavy atom. The summed E-state index contributed by atoms with van der Waals surface area (Å²) < 4.78 is 4.78. The summed E-state index contributed by atoms with van der Waals surface area (Å²) in [5.74, 6) is -1.72. The van der Waals surface area contributed by atoms with Gasteiger partial charge in [-0.05, 0) is 78.9 Å². The lowest BCUT2D eigenvalue weighted by atomic mass is 9.96. The van der Waals surface area contributed by atoms with Crippen LogP contribution in [0.3, 0.4) is 0 Å². The molecular formula is C36H48N2O9. The number of nitrogens with zero attached hydrogens (tertiary/aromatic N) is 1. The number of benzene rings is 2. The Balaban J connectivity index is 0.000000386. The zero-order valence-electron chi connectivity index (χ0n) is 27.9. The van der Waals surface area contributed by atoms with Gasteiger partial charge in [-0.15, -0.1) is 0 Å². The van der Waals surface area contributed by atoms with Crippen LogP contribution in [0, 0.1) is 6.92 Å². The number of carboxylic acid groups (broad SMARTS) is 1. The second kappa shape index (κ2) is 16.6. The number of aromatic hydroxyl groups is 2. The number of rotatable bonds is 9. The third-order valence-corrected chi connectivity index (χ3v) is 8.21. The quantitative estimate of drug-likeness (QED) is 0.104. The van der Waals surface area contributed by atoms with Crippen molar-refractivity contribution in [2.75, 3.05) is 16.8 Å². The van der Waals surface area contributed by atoms with Gasteiger partial charge in [-0.3, -0.25) is 4.79 Å². The Kier molecular flexibility index (Phi) is 13.2. The molecule has 0 radical (unpaired) electrons. The largest absolute Gasteiger partial charge is 0.508 e. The van der Waals surface area contributed by atoms with Crippen LogP contribution in [0.25, 0.3) is 0 Å². The van der Waals surface area contributed by atoms with E-state index in [1.165, 1.54) is 35.8 Å². The standard InChI is InChI=1S/C29H36N2O3.C7H12O6/c1-19(2)9-6-10-20(3)11-7-12-21(4)15-16-31-25-17-23(32)18-26(33)28(25)30-27-22(5)13-8-14-24(27)29(31)34;1-2-3(8)4(9)5(10)6(13-2)7(11)12/h8-9,11,13-15,17-18,30,32-33H,6-7,10,12,16H2,1-5H3;2-6,8-10H,1H3,(H,11,12)/b20-11+,21-15+;/t;2-,3+,4-,5+,6+/m.1/s1. The first-order chi connectivity index (χ1) is 22.1. The van der Waals surface area contributed by atoms with Crippen molar-refractivity contribution >= 4 is 28.9 Å². The molecular weight excluding hydrogens is 604 g/mol. The highest BCUT2D eigenvalue weighted by Crippen LogP contribution is 2.44. The monoisotopic (exact) mass is 652 g/mol. The fourth-order valence-electron chi connectivity index (χ4n) is 5.35. The molecule has 47 heavy (non-hydrogen) atoms. The van der Waals surface area contributed by atoms with Gasteiger partial charge in [0.15, 0.2) is 6.10 Å². The van der Waals surface area contributed by atoms with E-state index >= 15 is 0 Å². The average molecular weight is 653 g/mol. The number of hydrogen-bond acceptors (Lipinski definition) is 9. The number of phenolic OH excluding ortho intramolecular Hbond substituents is 2. The van der Waals surface area contributed by atoms with Crippen LogP contribution >= 0.6 is 0 Å². The Labute approximate surface area is 276 Å². The molecule has 7 N–H and O–H groups in total. The maximum absolute atomic E-state index is 13.5. The number of nitrogens with one attached hydrogen (secondary N) is 1. The van der Waals surface area contributed by atoms with Gasteiger partial charge >= 0.3 is 5.97 Å². The van der Waals surface area contributed by atoms with Crippen molar-refractivity contribution in [3.8, 4) is 11.5 Å². The van der Waals surface area contributed by atoms with Crippen molar-refractivity contribution in [1.82, 2.24) is 0 Å². The third-order valence-electron chi connectivity index (χ3n) is 8.21. The van der Waals surface area contributed by atoms with Crippen LogP contribution in [0.4, 0.5) is 17.1 Å². The van der Waals surface area contributed by atoms with Crippen molar-refractivity contribution in [3.63, 3.8) is 0 Å². The van der Waals surface area contributed by atoms with Gasteiger partial charge in [0.1, 0.15) is 35.5 Å². The SMILES string of the molecule is CC(C)=CCC/C(C)=C/CC/C(C)=C/CN1C(=O)c2cccc(C)c2Nc2c(O)cc(O)cc21.C[C@H]1O[C@H](C(=O)O)[C@@H](O)[C@H](O)[C@H]1O. The molecule has 11 heteroatoms. The Morgan fingerprint density at radius 3 is 2.19 bits per heavy atom. The Bertz CT molecular complexity index is 1530. The molecule has 11 nitrogen and oxygen atoms in total. The average Bonchev–Trinajstić information content (AvgIpc) is 3.11. The summed E-state index contributed by atoms with van der Waals surface area (Å²) in [6.07, 6.45) is 4.01. The van der Waals surface area contributed by atoms with E-state index in [-0.39, 0.29) is 17.4 Å². The molecule has 0 aromatic heterocycles. The van der Waals surface area contributed by atoms with Gasteiger partial charge in [-0.1, -0.05) is 47.1 Å². The highest BCUT2D eigenvalue weighted by molar-refractivity contribution is 6.14. The van der Waals surface area contributed by atoms with E-state index in [2.05, 4.69) is 51.2 Å². The molecule has 1 fully saturated rings. The lowest BCUT2D eigenvalue weighted by Crippen LogP contribution is -2.58. The van der Waals surface area contributed by atoms with Crippen molar-refractivity contribution in [3.05, 3.63) is 76.4 Å². The predicted molar refractivity (Wildman–Crippen MR) is 181 cm³/mol. The van der Waals surface area contributed by atoms with Gasteiger partial charge < -0.3 is 45.6 Å². The molecule has 2 heterocycles. The van der Waals surface area contributed by atoms with Crippen LogP contribution in [-0.4, -0.2) is 79.6 Å². The highest BCUT2D eigenvalue weighted by atomic mass is 16.6. The van der Waals surface area contributed by atoms with Crippen molar-refractivity contribution < 1.29 is 45.0 Å². The number of fused-ring (bicyclic) bond motifs is 2. The van der Waals surface area contributed by atoms with E-state index in [4.69, 9.17) is 9.84 Å². The van der Waals surface area contributed by atoms with Crippen LogP contribution in [-0.2, 0) is 9.53 Å². The molecule has 4 rings (SSSR count). The summed E-state index contributed by atoms with van der Waals surface area (Å²) in [6, 6.07) is 8.36. The maximum atomic E-state index is 13.5. The van der Waals surface area contributed by atoms with E-state index in [1.54, 1.807) is 11.0 Å². The highest BCUT2D eigenvalue weighted by Gasteiger charge is 2.45. The van der Waals surface area contributed by atoms with Gasteiger partial charge in [0.25, 0.3) is 5.91 Å². The molecule has 2 aliphatic heterocycles. The normalized spacial score (nSPS) is 22.6. The maximum Gasteiger partial charge on any atom is 0.335 e. The number of anilines is 3. The number of aliphatic hydroxyl groups excluding tert-OH is 3. The second-order valence-corrected chi connectivity index (χ2v) is 12.4. The van der Waals surface area contributed by atoms with Crippen LogP contribution in [0.15, 0.2) is 65.3 Å². The number of allylic oxidation sites excluding steroid dienone is 5. The van der Waals surface area contributed by atoms with E-state index in [9.17, 15) is 35.1 Å². The number of aliphatic hydroxyl groups is 3. The van der Waals surface area contributed by atoms with Gasteiger partial charge in [0.2, 0.25) is 0 Å². The fourth-order valence-corrected chi connectivity index (χ4v) is 5.35. The van der Waals surface area contributed by atoms with E-state index in [0.29, 0.717) is 29.2 Å². The number of amides is 1. The molecule has 2 aliphatic rings. The number of carboxylic acids is 1. The summed E-state index contributed by atoms with van der Waals surface area (Å²) in [4.78, 5) is 25.6. The second-order valence-electron chi connectivity index (χ2n) is 12.4. The number of para-hydroxylation sites is 1. The minimum absolute atomic E-state index is 0.0899. The number of hydrogen-bond donors (Lipinski definition) is 7. The molecule has 0 bridgehead atoms. The van der Waals surface area contributed by atoms with E-state index in [1.807, 2.05) is 19.1 Å². The molecule has 0 aliphatic carbocycles. The van der Waals surface area contributed by atoms with Crippen LogP contribution in [0.2, 0.25) is 0 Å². The minimum atomic E-state index is -1.59. The molecule has 5 atom stereocenters. The van der Waals surface area contributed by atoms with Crippen LogP contribution in [0.1, 0.15) is 76.2 Å². The molecule has 2 aromatic rings. The van der Waals surface area contributed by atoms with Gasteiger partial charge in [-0.25, -0.2) is 4.79 Å². The fraction of sp³-hybridized carbons (Fsp3) is 0.444. The smallest absolute Gasteiger partial charge is 0.335 e. The lowest BCUT2D eigenvalue weighted by molar-refractivity contribution is -0.223. The zero-order chi connectivity index (χ0) is 35.0. The zero-order valence-corrected chi connectivity index (χ0v) is 27.9. The van der Waals surface area contributed by atoms with Gasteiger partial charge in [-0.2, -0.15) is 0 Å². The first kappa shape index (κ1) is 37.3. The van der Waals surface area contributed by atoms with Gasteiger partial charge in [0, 0.05) is 18.7 Å². The summed E-state index contributed by atoms with van der Waals surface area (Å²) in [5.41, 5.74) is 6.93. The predicted octanol–water partition coefficient (Wildman–Crippen LogP) is 5.47. The molecule has 1 amide bonds. The van der Waals surface area contributed by atoms with Crippen molar-refractivity contribution in [1.29, 1.82) is 0 Å². The first-order valence-electron chi connectivity index (χ1n) is 15.7. The van der Waals surface area contributed by atoms with Crippen molar-refractivity contribution in [2.24, 2.45) is 0 Å². The summed E-state index contributed by atoms with van der Waals surface area (Å²) in [6.45, 7) is 12.2. The van der Waals surface area contributed by atoms with E-state index < -0.39 is 36.5 Å². The number of aliphatic carboxylic acids is 1. The van der Waals surface area contributed by atoms with Gasteiger partial charge in [0.05, 0.1) is 23.0 Å². The molecule has 1 saturated heterocycles. The Hall–Kier alpha value is -4.16. The minimum Gasteiger partial charge on any atom is -0.508 e. The number of carbonyl (C=O) groups is 2. The first-order valence-corrected chi connectivity index (χ1v) is 15.7. The molecule has 2 aromatic carbocycles. The molecule has 256 valence electrons. The summed E-state index contributed by atoms with van der Waals surface area (Å²) >= 11 is 0. The topological polar surface area (TPSA) is 180 Å². The summed E-state index contributed by atoms with van der Waals surface area (Å²) in [5, 5.41) is 60.0. The molecule has 0 spiro atoms. The van der Waals surface area contributed by atoms with E-state index in [0.717, 1.165) is 31.2 Å². The number of ether oxygens (including phenoxy) is 1. The number of phenols is 2. The van der Waals surface area contributed by atoms with Crippen LogP contribution in [0.5, 0.6) is 11.5 Å². The number of aryl methyl sites for hydroxylation is 1.